The minimum absolute atomic E-state index is 0.0551. The molecule has 3 amide bonds. The van der Waals surface area contributed by atoms with Gasteiger partial charge in [-0.2, -0.15) is 0 Å². The summed E-state index contributed by atoms with van der Waals surface area (Å²) in [6.45, 7) is -0.186. The Hall–Kier alpha value is -2.90. The fraction of sp³-hybridized carbons (Fsp3) is 0.0526. The van der Waals surface area contributed by atoms with Gasteiger partial charge in [0.25, 0.3) is 5.91 Å². The molecule has 5 nitrogen and oxygen atoms in total. The first-order valence-electron chi connectivity index (χ1n) is 8.08. The van der Waals surface area contributed by atoms with E-state index in [4.69, 9.17) is 23.2 Å². The second-order valence-electron chi connectivity index (χ2n) is 6.16. The van der Waals surface area contributed by atoms with Gasteiger partial charge in [-0.1, -0.05) is 35.3 Å². The molecule has 1 saturated heterocycles. The highest BCUT2D eigenvalue weighted by atomic mass is 35.5. The topological polar surface area (TPSA) is 65.2 Å². The smallest absolute Gasteiger partial charge is 0.329 e. The van der Waals surface area contributed by atoms with Crippen LogP contribution in [0.4, 0.5) is 13.6 Å². The number of fused-ring (bicyclic) bond motifs is 1. The molecule has 142 valence electrons. The number of carbonyl (C=O) groups is 2. The Morgan fingerprint density at radius 2 is 1.86 bits per heavy atom. The number of nitrogens with one attached hydrogen (secondary N) is 2. The molecule has 2 aromatic carbocycles. The second kappa shape index (κ2) is 6.92. The number of imide groups is 1. The molecule has 3 aromatic rings. The summed E-state index contributed by atoms with van der Waals surface area (Å²) < 4.78 is 26.4. The Morgan fingerprint density at radius 3 is 2.61 bits per heavy atom. The van der Waals surface area contributed by atoms with Crippen LogP contribution in [0, 0.1) is 11.6 Å². The number of amides is 3. The minimum Gasteiger partial charge on any atom is -0.359 e. The molecular formula is C19H11Cl2F2N3O2. The van der Waals surface area contributed by atoms with Crippen LogP contribution in [0.1, 0.15) is 11.1 Å². The lowest BCUT2D eigenvalue weighted by Crippen LogP contribution is -2.30. The van der Waals surface area contributed by atoms with Crippen LogP contribution >= 0.6 is 23.2 Å². The number of nitrogens with zero attached hydrogens (tertiary/aromatic N) is 1. The van der Waals surface area contributed by atoms with Crippen LogP contribution in [0.25, 0.3) is 17.0 Å². The van der Waals surface area contributed by atoms with Crippen LogP contribution in [0.5, 0.6) is 0 Å². The summed E-state index contributed by atoms with van der Waals surface area (Å²) in [7, 11) is 0. The number of hydrogen-bond acceptors (Lipinski definition) is 2. The molecule has 0 bridgehead atoms. The molecule has 1 aromatic heterocycles. The predicted molar refractivity (Wildman–Crippen MR) is 102 cm³/mol. The summed E-state index contributed by atoms with van der Waals surface area (Å²) >= 11 is 12.2. The van der Waals surface area contributed by atoms with Crippen molar-refractivity contribution in [3.63, 3.8) is 0 Å². The molecule has 0 radical (unpaired) electrons. The summed E-state index contributed by atoms with van der Waals surface area (Å²) in [5.74, 6) is -2.63. The van der Waals surface area contributed by atoms with Gasteiger partial charge in [0.05, 0.1) is 22.1 Å². The van der Waals surface area contributed by atoms with E-state index < -0.39 is 23.6 Å². The number of halogens is 4. The van der Waals surface area contributed by atoms with Gasteiger partial charge in [0.1, 0.15) is 5.70 Å². The van der Waals surface area contributed by atoms with E-state index in [9.17, 15) is 18.4 Å². The van der Waals surface area contributed by atoms with E-state index in [1.165, 1.54) is 12.1 Å². The molecule has 0 aliphatic carbocycles. The average Bonchev–Trinajstić information content (AvgIpc) is 3.18. The number of benzene rings is 2. The third-order valence-corrected chi connectivity index (χ3v) is 5.17. The van der Waals surface area contributed by atoms with E-state index in [0.717, 1.165) is 22.4 Å². The Labute approximate surface area is 167 Å². The Balaban J connectivity index is 1.63. The number of hydrogen-bond donors (Lipinski definition) is 2. The van der Waals surface area contributed by atoms with Gasteiger partial charge in [-0.3, -0.25) is 9.69 Å². The number of aromatic nitrogens is 1. The molecule has 2 heterocycles. The zero-order chi connectivity index (χ0) is 20.0. The lowest BCUT2D eigenvalue weighted by molar-refractivity contribution is -0.123. The standard InChI is InChI=1S/C19H11Cl2F2N3O2/c20-12-3-2-11-10(7-24-17(11)16(12)21)6-15-18(27)26(19(28)25-15)8-9-1-4-13(22)14(23)5-9/h1-7,24H,8H2,(H,25,28). The van der Waals surface area contributed by atoms with Crippen molar-refractivity contribution < 1.29 is 18.4 Å². The van der Waals surface area contributed by atoms with E-state index in [0.29, 0.717) is 21.1 Å². The Bertz CT molecular complexity index is 1170. The van der Waals surface area contributed by atoms with Gasteiger partial charge >= 0.3 is 6.03 Å². The summed E-state index contributed by atoms with van der Waals surface area (Å²) in [5.41, 5.74) is 1.58. The normalized spacial score (nSPS) is 15.7. The molecule has 0 saturated carbocycles. The summed E-state index contributed by atoms with van der Waals surface area (Å²) in [6, 6.07) is 5.93. The molecule has 4 rings (SSSR count). The highest BCUT2D eigenvalue weighted by molar-refractivity contribution is 6.45. The molecule has 28 heavy (non-hydrogen) atoms. The third kappa shape index (κ3) is 3.12. The molecule has 0 unspecified atom stereocenters. The van der Waals surface area contributed by atoms with Gasteiger partial charge in [0.2, 0.25) is 0 Å². The van der Waals surface area contributed by atoms with E-state index in [2.05, 4.69) is 10.3 Å². The summed E-state index contributed by atoms with van der Waals surface area (Å²) in [5, 5.41) is 3.95. The first-order chi connectivity index (χ1) is 13.3. The van der Waals surface area contributed by atoms with E-state index in [1.807, 2.05) is 0 Å². The monoisotopic (exact) mass is 421 g/mol. The summed E-state index contributed by atoms with van der Waals surface area (Å²) in [6.07, 6.45) is 3.14. The highest BCUT2D eigenvalue weighted by Crippen LogP contribution is 2.32. The third-order valence-electron chi connectivity index (χ3n) is 4.36. The number of carbonyl (C=O) groups excluding carboxylic acids is 2. The zero-order valence-electron chi connectivity index (χ0n) is 14.0. The fourth-order valence-corrected chi connectivity index (χ4v) is 3.35. The maximum absolute atomic E-state index is 13.4. The number of H-pyrrole nitrogens is 1. The first-order valence-corrected chi connectivity index (χ1v) is 8.84. The molecule has 2 N–H and O–H groups in total. The lowest BCUT2D eigenvalue weighted by atomic mass is 10.1. The van der Waals surface area contributed by atoms with E-state index >= 15 is 0 Å². The fourth-order valence-electron chi connectivity index (χ4n) is 2.97. The second-order valence-corrected chi connectivity index (χ2v) is 6.94. The van der Waals surface area contributed by atoms with Crippen LogP contribution in [-0.2, 0) is 11.3 Å². The molecule has 1 fully saturated rings. The van der Waals surface area contributed by atoms with E-state index in [-0.39, 0.29) is 17.8 Å². The van der Waals surface area contributed by atoms with Crippen molar-refractivity contribution in [1.29, 1.82) is 0 Å². The van der Waals surface area contributed by atoms with Crippen LogP contribution in [0.15, 0.2) is 42.2 Å². The van der Waals surface area contributed by atoms with Crippen molar-refractivity contribution in [1.82, 2.24) is 15.2 Å². The summed E-state index contributed by atoms with van der Waals surface area (Å²) in [4.78, 5) is 28.7. The maximum atomic E-state index is 13.4. The molecule has 1 aliphatic rings. The van der Waals surface area contributed by atoms with Gasteiger partial charge in [-0.15, -0.1) is 0 Å². The highest BCUT2D eigenvalue weighted by Gasteiger charge is 2.33. The van der Waals surface area contributed by atoms with Crippen LogP contribution in [0.2, 0.25) is 10.0 Å². The van der Waals surface area contributed by atoms with Crippen molar-refractivity contribution in [3.05, 3.63) is 75.0 Å². The van der Waals surface area contributed by atoms with Crippen molar-refractivity contribution in [2.45, 2.75) is 6.54 Å². The van der Waals surface area contributed by atoms with Crippen molar-refractivity contribution >= 4 is 52.1 Å². The van der Waals surface area contributed by atoms with E-state index in [1.54, 1.807) is 18.3 Å². The van der Waals surface area contributed by atoms with Gasteiger partial charge in [0.15, 0.2) is 11.6 Å². The zero-order valence-corrected chi connectivity index (χ0v) is 15.5. The predicted octanol–water partition coefficient (Wildman–Crippen LogP) is 4.85. The average molecular weight is 422 g/mol. The number of aromatic amines is 1. The SMILES string of the molecule is O=C1NC(=Cc2c[nH]c3c(Cl)c(Cl)ccc23)C(=O)N1Cc1ccc(F)c(F)c1. The van der Waals surface area contributed by atoms with Gasteiger partial charge in [0, 0.05) is 17.1 Å². The molecule has 0 atom stereocenters. The van der Waals surface area contributed by atoms with Gasteiger partial charge in [-0.05, 0) is 29.8 Å². The van der Waals surface area contributed by atoms with Crippen molar-refractivity contribution in [2.24, 2.45) is 0 Å². The molecule has 9 heteroatoms. The Kier molecular flexibility index (Phi) is 4.56. The van der Waals surface area contributed by atoms with Crippen molar-refractivity contribution in [2.75, 3.05) is 0 Å². The van der Waals surface area contributed by atoms with Crippen molar-refractivity contribution in [3.8, 4) is 0 Å². The lowest BCUT2D eigenvalue weighted by Gasteiger charge is -2.11. The maximum Gasteiger partial charge on any atom is 0.329 e. The Morgan fingerprint density at radius 1 is 1.07 bits per heavy atom. The molecule has 1 aliphatic heterocycles. The van der Waals surface area contributed by atoms with Crippen LogP contribution in [-0.4, -0.2) is 21.8 Å². The van der Waals surface area contributed by atoms with Crippen LogP contribution in [0.3, 0.4) is 0 Å². The van der Waals surface area contributed by atoms with Gasteiger partial charge < -0.3 is 10.3 Å². The minimum atomic E-state index is -1.05. The molecule has 0 spiro atoms. The number of urea groups is 1. The van der Waals surface area contributed by atoms with Crippen LogP contribution < -0.4 is 5.32 Å². The van der Waals surface area contributed by atoms with Gasteiger partial charge in [-0.25, -0.2) is 13.6 Å². The number of rotatable bonds is 3. The molecular weight excluding hydrogens is 411 g/mol. The first kappa shape index (κ1) is 18.5. The largest absolute Gasteiger partial charge is 0.359 e. The quantitative estimate of drug-likeness (QED) is 0.469.